The van der Waals surface area contributed by atoms with Crippen LogP contribution in [0.3, 0.4) is 0 Å². The van der Waals surface area contributed by atoms with E-state index in [0.717, 1.165) is 5.56 Å². The van der Waals surface area contributed by atoms with Crippen LogP contribution < -0.4 is 5.56 Å². The van der Waals surface area contributed by atoms with Gasteiger partial charge in [0.2, 0.25) is 5.71 Å². The lowest BCUT2D eigenvalue weighted by Crippen LogP contribution is -2.21. The third kappa shape index (κ3) is 1.91. The summed E-state index contributed by atoms with van der Waals surface area (Å²) in [6, 6.07) is 9.02. The summed E-state index contributed by atoms with van der Waals surface area (Å²) in [5.74, 6) is 2.36. The van der Waals surface area contributed by atoms with Crippen molar-refractivity contribution in [1.29, 1.82) is 0 Å². The molecule has 2 aromatic heterocycles. The van der Waals surface area contributed by atoms with Crippen molar-refractivity contribution in [3.63, 3.8) is 0 Å². The van der Waals surface area contributed by atoms with Crippen LogP contribution in [0.2, 0.25) is 0 Å². The van der Waals surface area contributed by atoms with E-state index in [9.17, 15) is 9.90 Å². The summed E-state index contributed by atoms with van der Waals surface area (Å²) in [5.41, 5.74) is 1.76. The molecule has 3 rings (SSSR count). The van der Waals surface area contributed by atoms with Gasteiger partial charge >= 0.3 is 0 Å². The first-order valence-electron chi connectivity index (χ1n) is 6.47. The van der Waals surface area contributed by atoms with Crippen molar-refractivity contribution in [1.82, 2.24) is 4.57 Å². The number of pyridine rings is 1. The summed E-state index contributed by atoms with van der Waals surface area (Å²) in [6.45, 7) is 1.97. The second-order valence-corrected chi connectivity index (χ2v) is 4.77. The van der Waals surface area contributed by atoms with E-state index < -0.39 is 0 Å². The molecular weight excluding hydrogens is 266 g/mol. The lowest BCUT2D eigenvalue weighted by atomic mass is 10.00. The van der Waals surface area contributed by atoms with Gasteiger partial charge < -0.3 is 9.52 Å². The van der Waals surface area contributed by atoms with E-state index in [1.807, 2.05) is 25.1 Å². The predicted octanol–water partition coefficient (Wildman–Crippen LogP) is 2.91. The molecule has 0 aliphatic carbocycles. The van der Waals surface area contributed by atoms with Gasteiger partial charge in [-0.1, -0.05) is 30.2 Å². The Bertz CT molecular complexity index is 925. The molecule has 0 saturated heterocycles. The molecule has 4 heteroatoms. The Morgan fingerprint density at radius 2 is 2.10 bits per heavy atom. The fourth-order valence-corrected chi connectivity index (χ4v) is 2.48. The maximum atomic E-state index is 12.7. The molecule has 0 radical (unpaired) electrons. The van der Waals surface area contributed by atoms with Crippen molar-refractivity contribution >= 4 is 11.1 Å². The van der Waals surface area contributed by atoms with Crippen LogP contribution in [0, 0.1) is 19.3 Å². The molecule has 0 fully saturated rings. The van der Waals surface area contributed by atoms with E-state index in [1.165, 1.54) is 10.8 Å². The highest BCUT2D eigenvalue weighted by Crippen LogP contribution is 2.34. The van der Waals surface area contributed by atoms with Crippen molar-refractivity contribution < 1.29 is 9.52 Å². The molecule has 3 aromatic rings. The number of hydrogen-bond donors (Lipinski definition) is 1. The molecule has 1 aromatic carbocycles. The van der Waals surface area contributed by atoms with Crippen LogP contribution in [0.4, 0.5) is 0 Å². The van der Waals surface area contributed by atoms with Crippen LogP contribution in [0.5, 0.6) is 5.75 Å². The van der Waals surface area contributed by atoms with Crippen LogP contribution >= 0.6 is 0 Å². The van der Waals surface area contributed by atoms with Crippen molar-refractivity contribution in [3.05, 3.63) is 52.5 Å². The maximum absolute atomic E-state index is 12.7. The molecule has 0 bridgehead atoms. The van der Waals surface area contributed by atoms with Crippen LogP contribution in [0.15, 0.2) is 45.8 Å². The minimum absolute atomic E-state index is 0.0775. The molecule has 0 unspecified atom stereocenters. The Hall–Kier alpha value is -2.93. The van der Waals surface area contributed by atoms with E-state index in [4.69, 9.17) is 10.8 Å². The van der Waals surface area contributed by atoms with E-state index in [0.29, 0.717) is 10.9 Å². The van der Waals surface area contributed by atoms with Crippen molar-refractivity contribution in [2.45, 2.75) is 13.5 Å². The Morgan fingerprint density at radius 3 is 2.81 bits per heavy atom. The van der Waals surface area contributed by atoms with Crippen molar-refractivity contribution in [2.24, 2.45) is 0 Å². The number of hydrogen-bond acceptors (Lipinski definition) is 3. The molecule has 1 N–H and O–H groups in total. The quantitative estimate of drug-likeness (QED) is 0.734. The molecular formula is C17H13NO3. The van der Waals surface area contributed by atoms with E-state index in [-0.39, 0.29) is 29.1 Å². The number of benzene rings is 1. The summed E-state index contributed by atoms with van der Waals surface area (Å²) in [7, 11) is 0. The first kappa shape index (κ1) is 13.1. The summed E-state index contributed by atoms with van der Waals surface area (Å²) < 4.78 is 6.65. The minimum Gasteiger partial charge on any atom is -0.506 e. The zero-order valence-corrected chi connectivity index (χ0v) is 11.5. The number of aromatic nitrogens is 1. The molecule has 0 aliphatic rings. The normalized spacial score (nSPS) is 10.7. The average Bonchev–Trinajstić information content (AvgIpc) is 2.95. The molecule has 0 saturated carbocycles. The molecule has 2 heterocycles. The average molecular weight is 279 g/mol. The van der Waals surface area contributed by atoms with Crippen LogP contribution in [-0.2, 0) is 6.54 Å². The zero-order chi connectivity index (χ0) is 15.0. The fourth-order valence-electron chi connectivity index (χ4n) is 2.48. The Kier molecular flexibility index (Phi) is 3.03. The number of terminal acetylenes is 1. The van der Waals surface area contributed by atoms with E-state index >= 15 is 0 Å². The van der Waals surface area contributed by atoms with Gasteiger partial charge in [0.05, 0.1) is 23.8 Å². The van der Waals surface area contributed by atoms with Gasteiger partial charge in [-0.25, -0.2) is 0 Å². The van der Waals surface area contributed by atoms with Gasteiger partial charge in [-0.3, -0.25) is 9.36 Å². The van der Waals surface area contributed by atoms with Gasteiger partial charge in [0.25, 0.3) is 5.56 Å². The Morgan fingerprint density at radius 1 is 1.33 bits per heavy atom. The number of fused-ring (bicyclic) bond motifs is 1. The van der Waals surface area contributed by atoms with Crippen LogP contribution in [0.25, 0.3) is 22.2 Å². The number of furan rings is 1. The summed E-state index contributed by atoms with van der Waals surface area (Å²) >= 11 is 0. The van der Waals surface area contributed by atoms with Gasteiger partial charge in [0.15, 0.2) is 0 Å². The summed E-state index contributed by atoms with van der Waals surface area (Å²) in [4.78, 5) is 12.7. The van der Waals surface area contributed by atoms with Gasteiger partial charge in [-0.2, -0.15) is 0 Å². The van der Waals surface area contributed by atoms with E-state index in [1.54, 1.807) is 12.1 Å². The predicted molar refractivity (Wildman–Crippen MR) is 81.1 cm³/mol. The highest BCUT2D eigenvalue weighted by Gasteiger charge is 2.20. The monoisotopic (exact) mass is 279 g/mol. The number of aryl methyl sites for hydroxylation is 1. The minimum atomic E-state index is -0.359. The van der Waals surface area contributed by atoms with Gasteiger partial charge in [-0.15, -0.1) is 6.42 Å². The SMILES string of the molecule is C#CCn1c(=O)c(-c2ccccc2C)c(O)c2ccoc21. The molecule has 104 valence electrons. The second kappa shape index (κ2) is 4.88. The van der Waals surface area contributed by atoms with Crippen molar-refractivity contribution in [3.8, 4) is 29.2 Å². The lowest BCUT2D eigenvalue weighted by Gasteiger charge is -2.11. The smallest absolute Gasteiger partial charge is 0.265 e. The first-order valence-corrected chi connectivity index (χ1v) is 6.47. The van der Waals surface area contributed by atoms with Crippen LogP contribution in [-0.4, -0.2) is 9.67 Å². The molecule has 0 spiro atoms. The molecule has 0 amide bonds. The maximum Gasteiger partial charge on any atom is 0.265 e. The van der Waals surface area contributed by atoms with Gasteiger partial charge in [-0.05, 0) is 24.1 Å². The third-order valence-corrected chi connectivity index (χ3v) is 3.50. The summed E-state index contributed by atoms with van der Waals surface area (Å²) in [5, 5.41) is 10.9. The molecule has 21 heavy (non-hydrogen) atoms. The fraction of sp³-hybridized carbons (Fsp3) is 0.118. The topological polar surface area (TPSA) is 55.4 Å². The standard InChI is InChI=1S/C17H13NO3/c1-3-9-18-16(20)14(12-7-5-4-6-11(12)2)15(19)13-8-10-21-17(13)18/h1,4-8,10,19H,9H2,2H3. The first-order chi connectivity index (χ1) is 10.1. The highest BCUT2D eigenvalue weighted by molar-refractivity contribution is 5.90. The largest absolute Gasteiger partial charge is 0.506 e. The zero-order valence-electron chi connectivity index (χ0n) is 11.5. The van der Waals surface area contributed by atoms with Gasteiger partial charge in [0, 0.05) is 0 Å². The molecule has 0 atom stereocenters. The third-order valence-electron chi connectivity index (χ3n) is 3.50. The number of rotatable bonds is 2. The highest BCUT2D eigenvalue weighted by atomic mass is 16.3. The Labute approximate surface area is 121 Å². The Balaban J connectivity index is 2.47. The summed E-state index contributed by atoms with van der Waals surface area (Å²) in [6.07, 6.45) is 6.76. The molecule has 4 nitrogen and oxygen atoms in total. The molecule has 0 aliphatic heterocycles. The van der Waals surface area contributed by atoms with Crippen LogP contribution in [0.1, 0.15) is 5.56 Å². The number of aromatic hydroxyl groups is 1. The second-order valence-electron chi connectivity index (χ2n) is 4.77. The lowest BCUT2D eigenvalue weighted by molar-refractivity contribution is 0.479. The van der Waals surface area contributed by atoms with E-state index in [2.05, 4.69) is 5.92 Å². The van der Waals surface area contributed by atoms with Crippen molar-refractivity contribution in [2.75, 3.05) is 0 Å². The van der Waals surface area contributed by atoms with Gasteiger partial charge in [0.1, 0.15) is 5.75 Å². The number of nitrogens with zero attached hydrogens (tertiary/aromatic N) is 1.